The highest BCUT2D eigenvalue weighted by Gasteiger charge is 1.88. The first-order chi connectivity index (χ1) is 8.41. The minimum Gasteiger partial charge on any atom is -0.317 e. The summed E-state index contributed by atoms with van der Waals surface area (Å²) in [6, 6.07) is 0. The molecule has 0 aliphatic rings. The van der Waals surface area contributed by atoms with Gasteiger partial charge in [0.15, 0.2) is 0 Å². The smallest absolute Gasteiger partial charge is 0.00490 e. The normalized spacial score (nSPS) is 11.4. The van der Waals surface area contributed by atoms with Crippen molar-refractivity contribution >= 4 is 0 Å². The molecule has 0 radical (unpaired) electrons. The third kappa shape index (κ3) is 15.7. The van der Waals surface area contributed by atoms with Gasteiger partial charge in [0.25, 0.3) is 0 Å². The van der Waals surface area contributed by atoms with Crippen molar-refractivity contribution in [3.8, 4) is 0 Å². The maximum atomic E-state index is 3.37. The Bertz CT molecular complexity index is 152. The second-order valence-corrected chi connectivity index (χ2v) is 4.88. The van der Waals surface area contributed by atoms with Crippen molar-refractivity contribution in [2.75, 3.05) is 13.1 Å². The SMILES string of the molecule is CCCCCC/C=C/CCCCCCNCC. The Morgan fingerprint density at radius 1 is 0.706 bits per heavy atom. The zero-order valence-corrected chi connectivity index (χ0v) is 12.1. The maximum Gasteiger partial charge on any atom is -0.00490 e. The van der Waals surface area contributed by atoms with Crippen molar-refractivity contribution in [1.29, 1.82) is 0 Å². The highest BCUT2D eigenvalue weighted by molar-refractivity contribution is 4.81. The maximum absolute atomic E-state index is 3.37. The van der Waals surface area contributed by atoms with Crippen LogP contribution in [0.5, 0.6) is 0 Å². The molecule has 0 amide bonds. The van der Waals surface area contributed by atoms with Gasteiger partial charge in [0.05, 0.1) is 0 Å². The summed E-state index contributed by atoms with van der Waals surface area (Å²) in [6.07, 6.45) is 18.4. The molecule has 0 aromatic carbocycles. The lowest BCUT2D eigenvalue weighted by Gasteiger charge is -2.00. The molecule has 0 unspecified atom stereocenters. The van der Waals surface area contributed by atoms with Crippen LogP contribution in [-0.4, -0.2) is 13.1 Å². The summed E-state index contributed by atoms with van der Waals surface area (Å²) in [5.41, 5.74) is 0. The van der Waals surface area contributed by atoms with Gasteiger partial charge in [-0.3, -0.25) is 0 Å². The summed E-state index contributed by atoms with van der Waals surface area (Å²) < 4.78 is 0. The Kier molecular flexibility index (Phi) is 15.4. The van der Waals surface area contributed by atoms with Gasteiger partial charge in [-0.2, -0.15) is 0 Å². The van der Waals surface area contributed by atoms with Crippen LogP contribution in [0, 0.1) is 0 Å². The van der Waals surface area contributed by atoms with Crippen LogP contribution in [0.15, 0.2) is 12.2 Å². The van der Waals surface area contributed by atoms with E-state index >= 15 is 0 Å². The number of rotatable bonds is 13. The minimum absolute atomic E-state index is 1.11. The van der Waals surface area contributed by atoms with E-state index in [9.17, 15) is 0 Å². The van der Waals surface area contributed by atoms with Gasteiger partial charge in [0, 0.05) is 0 Å². The summed E-state index contributed by atoms with van der Waals surface area (Å²) in [7, 11) is 0. The largest absolute Gasteiger partial charge is 0.317 e. The molecule has 0 saturated heterocycles. The molecule has 0 spiro atoms. The molecule has 0 aliphatic carbocycles. The Hall–Kier alpha value is -0.300. The predicted molar refractivity (Wildman–Crippen MR) is 79.5 cm³/mol. The molecule has 0 fully saturated rings. The first-order valence-corrected chi connectivity index (χ1v) is 7.77. The van der Waals surface area contributed by atoms with Crippen LogP contribution in [0.4, 0.5) is 0 Å². The van der Waals surface area contributed by atoms with Gasteiger partial charge in [-0.15, -0.1) is 0 Å². The van der Waals surface area contributed by atoms with Gasteiger partial charge < -0.3 is 5.32 Å². The molecule has 1 N–H and O–H groups in total. The van der Waals surface area contributed by atoms with E-state index < -0.39 is 0 Å². The van der Waals surface area contributed by atoms with E-state index in [1.165, 1.54) is 70.8 Å². The second kappa shape index (κ2) is 15.7. The van der Waals surface area contributed by atoms with E-state index in [0.29, 0.717) is 0 Å². The van der Waals surface area contributed by atoms with Crippen molar-refractivity contribution < 1.29 is 0 Å². The zero-order chi connectivity index (χ0) is 12.6. The minimum atomic E-state index is 1.11. The topological polar surface area (TPSA) is 12.0 Å². The Morgan fingerprint density at radius 2 is 1.29 bits per heavy atom. The summed E-state index contributed by atoms with van der Waals surface area (Å²) in [5.74, 6) is 0. The number of unbranched alkanes of at least 4 members (excludes halogenated alkanes) is 8. The number of nitrogens with one attached hydrogen (secondary N) is 1. The average molecular weight is 239 g/mol. The standard InChI is InChI=1S/C16H33N/c1-3-5-6-7-8-9-10-11-12-13-14-15-16-17-4-2/h9-10,17H,3-8,11-16H2,1-2H3/b10-9+. The van der Waals surface area contributed by atoms with E-state index in [1.807, 2.05) is 0 Å². The fourth-order valence-corrected chi connectivity index (χ4v) is 1.97. The molecular formula is C16H33N. The quantitative estimate of drug-likeness (QED) is 0.349. The Balaban J connectivity index is 2.99. The molecule has 17 heavy (non-hydrogen) atoms. The molecule has 102 valence electrons. The van der Waals surface area contributed by atoms with E-state index in [0.717, 1.165) is 6.54 Å². The van der Waals surface area contributed by atoms with Crippen molar-refractivity contribution in [2.45, 2.75) is 78.1 Å². The van der Waals surface area contributed by atoms with Crippen LogP contribution in [0.2, 0.25) is 0 Å². The highest BCUT2D eigenvalue weighted by atomic mass is 14.8. The molecule has 0 aliphatic heterocycles. The van der Waals surface area contributed by atoms with Crippen LogP contribution < -0.4 is 5.32 Å². The van der Waals surface area contributed by atoms with Gasteiger partial charge in [0.2, 0.25) is 0 Å². The van der Waals surface area contributed by atoms with Gasteiger partial charge in [-0.1, -0.05) is 58.1 Å². The number of allylic oxidation sites excluding steroid dienone is 2. The number of hydrogen-bond donors (Lipinski definition) is 1. The van der Waals surface area contributed by atoms with Gasteiger partial charge in [-0.25, -0.2) is 0 Å². The van der Waals surface area contributed by atoms with E-state index in [1.54, 1.807) is 0 Å². The molecule has 0 aromatic rings. The van der Waals surface area contributed by atoms with Crippen LogP contribution in [0.25, 0.3) is 0 Å². The Labute approximate surface area is 109 Å². The monoisotopic (exact) mass is 239 g/mol. The third-order valence-electron chi connectivity index (χ3n) is 3.12. The van der Waals surface area contributed by atoms with Crippen LogP contribution in [-0.2, 0) is 0 Å². The summed E-state index contributed by atoms with van der Waals surface area (Å²) in [4.78, 5) is 0. The van der Waals surface area contributed by atoms with E-state index in [-0.39, 0.29) is 0 Å². The molecule has 0 heterocycles. The van der Waals surface area contributed by atoms with Crippen molar-refractivity contribution in [2.24, 2.45) is 0 Å². The highest BCUT2D eigenvalue weighted by Crippen LogP contribution is 2.06. The van der Waals surface area contributed by atoms with E-state index in [4.69, 9.17) is 0 Å². The van der Waals surface area contributed by atoms with Crippen LogP contribution in [0.3, 0.4) is 0 Å². The lowest BCUT2D eigenvalue weighted by molar-refractivity contribution is 0.600. The molecule has 1 heteroatoms. The first-order valence-electron chi connectivity index (χ1n) is 7.77. The second-order valence-electron chi connectivity index (χ2n) is 4.88. The lowest BCUT2D eigenvalue weighted by atomic mass is 10.1. The van der Waals surface area contributed by atoms with Crippen LogP contribution in [0.1, 0.15) is 78.1 Å². The molecule has 0 atom stereocenters. The van der Waals surface area contributed by atoms with E-state index in [2.05, 4.69) is 31.3 Å². The van der Waals surface area contributed by atoms with Crippen molar-refractivity contribution in [3.63, 3.8) is 0 Å². The molecule has 0 rings (SSSR count). The van der Waals surface area contributed by atoms with Gasteiger partial charge in [0.1, 0.15) is 0 Å². The predicted octanol–water partition coefficient (Wildman–Crippen LogP) is 5.07. The fraction of sp³-hybridized carbons (Fsp3) is 0.875. The summed E-state index contributed by atoms with van der Waals surface area (Å²) >= 11 is 0. The molecule has 0 saturated carbocycles. The molecule has 1 nitrogen and oxygen atoms in total. The molecule has 0 bridgehead atoms. The Morgan fingerprint density at radius 3 is 1.88 bits per heavy atom. The first kappa shape index (κ1) is 16.7. The fourth-order valence-electron chi connectivity index (χ4n) is 1.97. The molecular weight excluding hydrogens is 206 g/mol. The zero-order valence-electron chi connectivity index (χ0n) is 12.1. The number of hydrogen-bond acceptors (Lipinski definition) is 1. The van der Waals surface area contributed by atoms with Crippen LogP contribution >= 0.6 is 0 Å². The van der Waals surface area contributed by atoms with Crippen molar-refractivity contribution in [3.05, 3.63) is 12.2 Å². The molecule has 0 aromatic heterocycles. The lowest BCUT2D eigenvalue weighted by Crippen LogP contribution is -2.13. The van der Waals surface area contributed by atoms with Gasteiger partial charge in [-0.05, 0) is 45.2 Å². The van der Waals surface area contributed by atoms with Gasteiger partial charge >= 0.3 is 0 Å². The summed E-state index contributed by atoms with van der Waals surface area (Å²) in [5, 5.41) is 3.37. The van der Waals surface area contributed by atoms with Crippen molar-refractivity contribution in [1.82, 2.24) is 5.32 Å². The average Bonchev–Trinajstić information content (AvgIpc) is 2.35. The third-order valence-corrected chi connectivity index (χ3v) is 3.12. The summed E-state index contributed by atoms with van der Waals surface area (Å²) in [6.45, 7) is 6.75.